The number of fused-ring (bicyclic) bond motifs is 3. The van der Waals surface area contributed by atoms with Crippen LogP contribution in [0.4, 0.5) is 10.2 Å². The van der Waals surface area contributed by atoms with Gasteiger partial charge in [0.2, 0.25) is 5.88 Å². The second kappa shape index (κ2) is 12.0. The zero-order valence-corrected chi connectivity index (χ0v) is 27.9. The van der Waals surface area contributed by atoms with Gasteiger partial charge in [-0.3, -0.25) is 0 Å². The van der Waals surface area contributed by atoms with Crippen molar-refractivity contribution in [1.29, 1.82) is 0 Å². The lowest BCUT2D eigenvalue weighted by Crippen LogP contribution is -2.69. The molecule has 3 atom stereocenters. The van der Waals surface area contributed by atoms with E-state index in [9.17, 15) is 0 Å². The Morgan fingerprint density at radius 1 is 0.953 bits per heavy atom. The molecule has 2 aliphatic rings. The lowest BCUT2D eigenvalue weighted by atomic mass is 9.95. The largest absolute Gasteiger partial charge is 0.477 e. The normalized spacial score (nSPS) is 20.5. The van der Waals surface area contributed by atoms with Gasteiger partial charge in [0.1, 0.15) is 16.7 Å². The highest BCUT2D eigenvalue weighted by molar-refractivity contribution is 7.98. The van der Waals surface area contributed by atoms with Crippen LogP contribution in [0, 0.1) is 17.7 Å². The first-order chi connectivity index (χ1) is 20.7. The molecule has 2 aromatic heterocycles. The van der Waals surface area contributed by atoms with E-state index in [1.165, 1.54) is 22.1 Å². The molecule has 1 unspecified atom stereocenters. The van der Waals surface area contributed by atoms with Gasteiger partial charge in [-0.15, -0.1) is 0 Å². The number of thioether (sulfide) groups is 1. The second-order valence-corrected chi connectivity index (χ2v) is 17.8. The Bertz CT molecular complexity index is 1550. The van der Waals surface area contributed by atoms with Crippen LogP contribution in [0.5, 0.6) is 5.88 Å². The lowest BCUT2D eigenvalue weighted by molar-refractivity contribution is 0.0929. The summed E-state index contributed by atoms with van der Waals surface area (Å²) in [4.78, 5) is 15.9. The van der Waals surface area contributed by atoms with Gasteiger partial charge in [0, 0.05) is 24.9 Å². The minimum atomic E-state index is -2.72. The number of pyridine rings is 1. The van der Waals surface area contributed by atoms with Crippen LogP contribution in [-0.2, 0) is 4.43 Å². The van der Waals surface area contributed by atoms with Crippen LogP contribution in [-0.4, -0.2) is 55.3 Å². The van der Waals surface area contributed by atoms with E-state index in [0.29, 0.717) is 34.8 Å². The highest BCUT2D eigenvalue weighted by Crippen LogP contribution is 2.47. The number of aromatic nitrogens is 3. The molecular weight excluding hydrogens is 599 g/mol. The highest BCUT2D eigenvalue weighted by atomic mass is 35.5. The first-order valence-electron chi connectivity index (χ1n) is 14.9. The van der Waals surface area contributed by atoms with Crippen molar-refractivity contribution in [3.63, 3.8) is 0 Å². The molecule has 1 aliphatic carbocycles. The topological polar surface area (TPSA) is 60.4 Å². The Kier molecular flexibility index (Phi) is 8.45. The van der Waals surface area contributed by atoms with Crippen LogP contribution in [0.15, 0.2) is 65.8 Å². The summed E-state index contributed by atoms with van der Waals surface area (Å²) < 4.78 is 28.9. The number of halogens is 2. The number of rotatable bonds is 8. The maximum absolute atomic E-state index is 15.3. The Hall–Kier alpha value is -2.72. The van der Waals surface area contributed by atoms with Gasteiger partial charge in [-0.25, -0.2) is 14.4 Å². The Morgan fingerprint density at radius 3 is 2.05 bits per heavy atom. The van der Waals surface area contributed by atoms with E-state index >= 15 is 4.39 Å². The van der Waals surface area contributed by atoms with Gasteiger partial charge < -0.3 is 14.1 Å². The summed E-state index contributed by atoms with van der Waals surface area (Å²) in [6.45, 7) is 10.7. The monoisotopic (exact) mass is 636 g/mol. The number of hydrogen-bond acceptors (Lipinski definition) is 7. The van der Waals surface area contributed by atoms with Gasteiger partial charge in [-0.2, -0.15) is 4.98 Å². The fourth-order valence-electron chi connectivity index (χ4n) is 7.07. The lowest BCUT2D eigenvalue weighted by Gasteiger charge is -2.49. The maximum Gasteiger partial charge on any atom is 0.261 e. The molecule has 1 saturated carbocycles. The van der Waals surface area contributed by atoms with Gasteiger partial charge in [-0.1, -0.05) is 105 Å². The third kappa shape index (κ3) is 5.32. The van der Waals surface area contributed by atoms with E-state index in [0.717, 1.165) is 25.9 Å². The molecule has 0 amide bonds. The van der Waals surface area contributed by atoms with Gasteiger partial charge in [0.05, 0.1) is 12.7 Å². The summed E-state index contributed by atoms with van der Waals surface area (Å²) in [6, 6.07) is 21.7. The van der Waals surface area contributed by atoms with Crippen LogP contribution in [0.1, 0.15) is 40.5 Å². The summed E-state index contributed by atoms with van der Waals surface area (Å²) in [6.07, 6.45) is 4.13. The van der Waals surface area contributed by atoms with Crippen molar-refractivity contribution in [3.05, 3.63) is 71.6 Å². The van der Waals surface area contributed by atoms with Crippen molar-refractivity contribution < 1.29 is 13.6 Å². The highest BCUT2D eigenvalue weighted by Gasteiger charge is 2.55. The molecule has 10 heteroatoms. The first-order valence-corrected chi connectivity index (χ1v) is 18.5. The zero-order valence-electron chi connectivity index (χ0n) is 25.3. The van der Waals surface area contributed by atoms with Gasteiger partial charge in [-0.05, 0) is 41.4 Å². The number of nitrogens with zero attached hydrogens (tertiary/aromatic N) is 4. The summed E-state index contributed by atoms with van der Waals surface area (Å²) in [5.41, 5.74) is 0.149. The van der Waals surface area contributed by atoms with E-state index in [2.05, 4.69) is 96.3 Å². The standard InChI is InChI=1S/C33H38ClFN4O2SSi/c1-6-40-31-25-27(26(35)29(34)37-31)36-32(42-5)38-30(25)39-19-21-17-18-22(20-39)28(21)41-43(33(2,3)4,23-13-9-7-10-14-23)24-15-11-8-12-16-24/h7-16,21-22,28H,6,17-20H2,1-5H3/t21-,22+,28?. The van der Waals surface area contributed by atoms with E-state index in [1.807, 2.05) is 13.2 Å². The average Bonchev–Trinajstić information content (AvgIpc) is 3.23. The van der Waals surface area contributed by atoms with E-state index in [-0.39, 0.29) is 27.7 Å². The molecule has 1 saturated heterocycles. The minimum absolute atomic E-state index is 0.1000. The fourth-order valence-corrected chi connectivity index (χ4v) is 12.4. The summed E-state index contributed by atoms with van der Waals surface area (Å²) in [5.74, 6) is 0.866. The fraction of sp³-hybridized carbons (Fsp3) is 0.424. The molecule has 2 aromatic carbocycles. The van der Waals surface area contributed by atoms with Crippen molar-refractivity contribution in [2.75, 3.05) is 30.9 Å². The smallest absolute Gasteiger partial charge is 0.261 e. The summed E-state index contributed by atoms with van der Waals surface area (Å²) in [7, 11) is -2.72. The van der Waals surface area contributed by atoms with Gasteiger partial charge >= 0.3 is 0 Å². The van der Waals surface area contributed by atoms with Crippen LogP contribution >= 0.6 is 23.4 Å². The van der Waals surface area contributed by atoms with Crippen LogP contribution in [0.3, 0.4) is 0 Å². The van der Waals surface area contributed by atoms with Crippen molar-refractivity contribution in [3.8, 4) is 5.88 Å². The average molecular weight is 637 g/mol. The van der Waals surface area contributed by atoms with Crippen LogP contribution < -0.4 is 20.0 Å². The molecule has 6 rings (SSSR count). The SMILES string of the molecule is CCOc1nc(Cl)c(F)c2nc(SC)nc(N3C[C@H]4CC[C@@H](C3)C4O[Si](c3ccccc3)(c3ccccc3)C(C)(C)C)c12. The number of ether oxygens (including phenoxy) is 1. The Labute approximate surface area is 263 Å². The zero-order chi connectivity index (χ0) is 30.4. The molecule has 43 heavy (non-hydrogen) atoms. The van der Waals surface area contributed by atoms with Crippen molar-refractivity contribution >= 4 is 58.8 Å². The molecule has 2 fully saturated rings. The number of piperidine rings is 1. The van der Waals surface area contributed by atoms with E-state index in [1.54, 1.807) is 0 Å². The number of anilines is 1. The molecule has 3 heterocycles. The second-order valence-electron chi connectivity index (χ2n) is 12.5. The third-order valence-corrected chi connectivity index (χ3v) is 14.7. The third-order valence-electron chi connectivity index (χ3n) is 8.91. The van der Waals surface area contributed by atoms with Crippen molar-refractivity contribution in [2.45, 2.75) is 56.8 Å². The number of hydrogen-bond donors (Lipinski definition) is 0. The molecule has 0 radical (unpaired) electrons. The van der Waals surface area contributed by atoms with Crippen molar-refractivity contribution in [1.82, 2.24) is 15.0 Å². The Morgan fingerprint density at radius 2 is 1.53 bits per heavy atom. The minimum Gasteiger partial charge on any atom is -0.477 e. The molecule has 0 spiro atoms. The Balaban J connectivity index is 1.42. The quantitative estimate of drug-likeness (QED) is 0.0920. The van der Waals surface area contributed by atoms with Gasteiger partial charge in [0.25, 0.3) is 8.32 Å². The molecule has 226 valence electrons. The molecular formula is C33H38ClFN4O2SSi. The summed E-state index contributed by atoms with van der Waals surface area (Å²) >= 11 is 7.56. The maximum atomic E-state index is 15.3. The van der Waals surface area contributed by atoms with E-state index < -0.39 is 14.1 Å². The van der Waals surface area contributed by atoms with Crippen LogP contribution in [0.2, 0.25) is 10.2 Å². The van der Waals surface area contributed by atoms with E-state index in [4.69, 9.17) is 25.7 Å². The molecule has 0 N–H and O–H groups in total. The summed E-state index contributed by atoms with van der Waals surface area (Å²) in [5, 5.41) is 3.21. The number of benzene rings is 2. The first kappa shape index (κ1) is 30.3. The van der Waals surface area contributed by atoms with Crippen LogP contribution in [0.25, 0.3) is 10.9 Å². The molecule has 1 aliphatic heterocycles. The molecule has 2 bridgehead atoms. The predicted molar refractivity (Wildman–Crippen MR) is 176 cm³/mol. The molecule has 6 nitrogen and oxygen atoms in total. The van der Waals surface area contributed by atoms with Crippen molar-refractivity contribution in [2.24, 2.45) is 11.8 Å². The van der Waals surface area contributed by atoms with Gasteiger partial charge in [0.15, 0.2) is 16.1 Å². The predicted octanol–water partition coefficient (Wildman–Crippen LogP) is 6.73. The molecule has 4 aromatic rings.